The lowest BCUT2D eigenvalue weighted by Gasteiger charge is -2.12. The third-order valence-electron chi connectivity index (χ3n) is 4.62. The van der Waals surface area contributed by atoms with E-state index in [0.29, 0.717) is 21.3 Å². The van der Waals surface area contributed by atoms with Crippen molar-refractivity contribution < 1.29 is 40.6 Å². The fourth-order valence-corrected chi connectivity index (χ4v) is 5.27. The van der Waals surface area contributed by atoms with Gasteiger partial charge in [0.15, 0.2) is 14.7 Å². The van der Waals surface area contributed by atoms with Gasteiger partial charge >= 0.3 is 12.7 Å². The van der Waals surface area contributed by atoms with Gasteiger partial charge in [-0.05, 0) is 84.9 Å². The van der Waals surface area contributed by atoms with E-state index in [4.69, 9.17) is 4.74 Å². The summed E-state index contributed by atoms with van der Waals surface area (Å²) in [5.74, 6) is 0.451. The Bertz CT molecular complexity index is 1200. The Morgan fingerprint density at radius 3 is 1.11 bits per heavy atom. The molecule has 0 radical (unpaired) electrons. The first-order valence-corrected chi connectivity index (χ1v) is 11.6. The van der Waals surface area contributed by atoms with E-state index in [1.54, 1.807) is 36.4 Å². The van der Waals surface area contributed by atoms with Crippen LogP contribution in [0.5, 0.6) is 23.0 Å². The highest BCUT2D eigenvalue weighted by molar-refractivity contribution is 7.97. The fourth-order valence-electron chi connectivity index (χ4n) is 3.23. The molecule has 0 saturated heterocycles. The van der Waals surface area contributed by atoms with Gasteiger partial charge < -0.3 is 14.2 Å². The number of rotatable bonds is 7. The maximum Gasteiger partial charge on any atom is 0.573 e. The maximum atomic E-state index is 12.6. The molecule has 10 heteroatoms. The van der Waals surface area contributed by atoms with Gasteiger partial charge in [-0.1, -0.05) is 18.2 Å². The molecule has 3 nitrogen and oxygen atoms in total. The van der Waals surface area contributed by atoms with E-state index in [2.05, 4.69) is 9.47 Å². The van der Waals surface area contributed by atoms with Crippen LogP contribution < -0.4 is 14.2 Å². The minimum Gasteiger partial charge on any atom is -0.457 e. The third kappa shape index (κ3) is 7.11. The van der Waals surface area contributed by atoms with Crippen LogP contribution >= 0.6 is 0 Å². The smallest absolute Gasteiger partial charge is 0.457 e. The Kier molecular flexibility index (Phi) is 7.35. The standard InChI is InChI=1S/C26H17F6O3S/c27-25(28,29)34-20-8-14-23(15-9-20)36(24-16-10-21(11-17-24)35-26(30,31)32)22-12-6-19(7-13-22)33-18-4-2-1-3-5-18/h1-17H/q+1. The van der Waals surface area contributed by atoms with Gasteiger partial charge in [0.05, 0.1) is 10.9 Å². The van der Waals surface area contributed by atoms with Crippen molar-refractivity contribution in [2.45, 2.75) is 27.4 Å². The lowest BCUT2D eigenvalue weighted by molar-refractivity contribution is -0.275. The Morgan fingerprint density at radius 1 is 0.417 bits per heavy atom. The molecular weight excluding hydrogens is 506 g/mol. The summed E-state index contributed by atoms with van der Waals surface area (Å²) in [5.41, 5.74) is 0. The molecule has 4 aromatic carbocycles. The average molecular weight is 523 g/mol. The third-order valence-corrected chi connectivity index (χ3v) is 6.86. The van der Waals surface area contributed by atoms with Crippen LogP contribution in [-0.4, -0.2) is 12.7 Å². The molecular formula is C26H17F6O3S+. The lowest BCUT2D eigenvalue weighted by atomic mass is 10.3. The van der Waals surface area contributed by atoms with E-state index in [1.807, 2.05) is 18.2 Å². The zero-order chi connectivity index (χ0) is 25.8. The summed E-state index contributed by atoms with van der Waals surface area (Å²) in [6, 6.07) is 26.9. The highest BCUT2D eigenvalue weighted by Crippen LogP contribution is 2.35. The van der Waals surface area contributed by atoms with E-state index in [9.17, 15) is 26.3 Å². The number of alkyl halides is 6. The summed E-state index contributed by atoms with van der Waals surface area (Å²) in [7, 11) is -0.861. The SMILES string of the molecule is FC(F)(F)Oc1ccc([S+](c2ccc(Oc3ccccc3)cc2)c2ccc(OC(F)(F)F)cc2)cc1. The van der Waals surface area contributed by atoms with Crippen molar-refractivity contribution in [1.82, 2.24) is 0 Å². The lowest BCUT2D eigenvalue weighted by Crippen LogP contribution is -2.17. The van der Waals surface area contributed by atoms with Crippen molar-refractivity contribution in [3.05, 3.63) is 103 Å². The quantitative estimate of drug-likeness (QED) is 0.180. The van der Waals surface area contributed by atoms with Gasteiger partial charge in [-0.3, -0.25) is 0 Å². The molecule has 0 saturated carbocycles. The minimum atomic E-state index is -4.83. The molecule has 186 valence electrons. The predicted octanol–water partition coefficient (Wildman–Crippen LogP) is 8.37. The van der Waals surface area contributed by atoms with Gasteiger partial charge in [-0.2, -0.15) is 0 Å². The second kappa shape index (κ2) is 10.4. The molecule has 0 atom stereocenters. The van der Waals surface area contributed by atoms with Crippen molar-refractivity contribution in [1.29, 1.82) is 0 Å². The molecule has 0 aliphatic carbocycles. The van der Waals surface area contributed by atoms with Gasteiger partial charge in [-0.25, -0.2) is 0 Å². The molecule has 4 aromatic rings. The number of para-hydroxylation sites is 1. The van der Waals surface area contributed by atoms with Crippen LogP contribution in [0.25, 0.3) is 0 Å². The molecule has 0 aromatic heterocycles. The molecule has 0 fully saturated rings. The molecule has 0 amide bonds. The number of ether oxygens (including phenoxy) is 3. The normalized spacial score (nSPS) is 11.9. The molecule has 0 aliphatic heterocycles. The Morgan fingerprint density at radius 2 is 0.750 bits per heavy atom. The maximum absolute atomic E-state index is 12.6. The number of halogens is 6. The number of benzene rings is 4. The van der Waals surface area contributed by atoms with Gasteiger partial charge in [0.25, 0.3) is 0 Å². The first-order chi connectivity index (χ1) is 17.1. The Hall–Kier alpha value is -3.79. The van der Waals surface area contributed by atoms with E-state index < -0.39 is 23.6 Å². The summed E-state index contributed by atoms with van der Waals surface area (Å²) >= 11 is 0. The fraction of sp³-hybridized carbons (Fsp3) is 0.0769. The molecule has 0 aliphatic rings. The van der Waals surface area contributed by atoms with Crippen molar-refractivity contribution in [2.24, 2.45) is 0 Å². The highest BCUT2D eigenvalue weighted by Gasteiger charge is 2.34. The Labute approximate surface area is 205 Å². The first kappa shape index (κ1) is 25.3. The first-order valence-electron chi connectivity index (χ1n) is 10.3. The minimum absolute atomic E-state index is 0.379. The van der Waals surface area contributed by atoms with Gasteiger partial charge in [0, 0.05) is 0 Å². The van der Waals surface area contributed by atoms with Crippen LogP contribution in [-0.2, 0) is 10.9 Å². The zero-order valence-corrected chi connectivity index (χ0v) is 19.0. The summed E-state index contributed by atoms with van der Waals surface area (Å²) < 4.78 is 89.0. The van der Waals surface area contributed by atoms with Crippen molar-refractivity contribution in [3.63, 3.8) is 0 Å². The summed E-state index contributed by atoms with van der Waals surface area (Å²) in [5, 5.41) is 0. The number of hydrogen-bond donors (Lipinski definition) is 0. The van der Waals surface area contributed by atoms with E-state index in [0.717, 1.165) is 4.90 Å². The molecule has 0 spiro atoms. The largest absolute Gasteiger partial charge is 0.573 e. The molecule has 0 bridgehead atoms. The van der Waals surface area contributed by atoms with E-state index in [-0.39, 0.29) is 11.5 Å². The molecule has 0 heterocycles. The molecule has 4 rings (SSSR count). The summed E-state index contributed by atoms with van der Waals surface area (Å²) in [6.45, 7) is 0. The van der Waals surface area contributed by atoms with Crippen molar-refractivity contribution in [2.75, 3.05) is 0 Å². The van der Waals surface area contributed by atoms with Gasteiger partial charge in [0.2, 0.25) is 0 Å². The van der Waals surface area contributed by atoms with Crippen LogP contribution in [0.15, 0.2) is 118 Å². The Balaban J connectivity index is 1.65. The average Bonchev–Trinajstić information content (AvgIpc) is 2.81. The van der Waals surface area contributed by atoms with Crippen LogP contribution in [0.1, 0.15) is 0 Å². The van der Waals surface area contributed by atoms with Gasteiger partial charge in [0.1, 0.15) is 23.0 Å². The second-order valence-corrected chi connectivity index (χ2v) is 9.26. The second-order valence-electron chi connectivity index (χ2n) is 7.23. The molecule has 0 N–H and O–H groups in total. The van der Waals surface area contributed by atoms with Crippen LogP contribution in [0.3, 0.4) is 0 Å². The molecule has 36 heavy (non-hydrogen) atoms. The number of hydrogen-bond acceptors (Lipinski definition) is 3. The topological polar surface area (TPSA) is 27.7 Å². The molecule has 0 unspecified atom stereocenters. The van der Waals surface area contributed by atoms with E-state index in [1.165, 1.54) is 48.5 Å². The summed E-state index contributed by atoms with van der Waals surface area (Å²) in [4.78, 5) is 2.03. The van der Waals surface area contributed by atoms with Crippen LogP contribution in [0.2, 0.25) is 0 Å². The van der Waals surface area contributed by atoms with Crippen LogP contribution in [0.4, 0.5) is 26.3 Å². The van der Waals surface area contributed by atoms with Crippen molar-refractivity contribution >= 4 is 10.9 Å². The monoisotopic (exact) mass is 523 g/mol. The van der Waals surface area contributed by atoms with Crippen molar-refractivity contribution in [3.8, 4) is 23.0 Å². The van der Waals surface area contributed by atoms with Crippen LogP contribution in [0, 0.1) is 0 Å². The zero-order valence-electron chi connectivity index (χ0n) is 18.2. The van der Waals surface area contributed by atoms with E-state index >= 15 is 0 Å². The predicted molar refractivity (Wildman–Crippen MR) is 121 cm³/mol. The summed E-state index contributed by atoms with van der Waals surface area (Å²) in [6.07, 6.45) is -9.65. The highest BCUT2D eigenvalue weighted by atomic mass is 32.2. The van der Waals surface area contributed by atoms with Gasteiger partial charge in [-0.15, -0.1) is 26.3 Å².